The van der Waals surface area contributed by atoms with E-state index in [-0.39, 0.29) is 11.3 Å². The predicted molar refractivity (Wildman–Crippen MR) is 104 cm³/mol. The lowest BCUT2D eigenvalue weighted by atomic mass is 9.78. The zero-order chi connectivity index (χ0) is 19.3. The van der Waals surface area contributed by atoms with Crippen LogP contribution in [0.1, 0.15) is 38.2 Å². The van der Waals surface area contributed by atoms with Crippen molar-refractivity contribution >= 4 is 11.8 Å². The molecular formula is C21H31N3O3. The Morgan fingerprint density at radius 1 is 1.26 bits per heavy atom. The highest BCUT2D eigenvalue weighted by atomic mass is 16.5. The third-order valence-corrected chi connectivity index (χ3v) is 5.79. The molecule has 0 aliphatic carbocycles. The largest absolute Gasteiger partial charge is 0.496 e. The second-order valence-electron chi connectivity index (χ2n) is 7.73. The Bertz CT molecular complexity index is 676. The van der Waals surface area contributed by atoms with Crippen molar-refractivity contribution in [2.45, 2.75) is 39.2 Å². The van der Waals surface area contributed by atoms with Crippen molar-refractivity contribution in [2.24, 2.45) is 5.41 Å². The average molecular weight is 373 g/mol. The maximum absolute atomic E-state index is 12.9. The van der Waals surface area contributed by atoms with Gasteiger partial charge < -0.3 is 15.0 Å². The highest BCUT2D eigenvalue weighted by molar-refractivity contribution is 5.84. The molecule has 3 rings (SSSR count). The van der Waals surface area contributed by atoms with Crippen molar-refractivity contribution in [1.82, 2.24) is 15.1 Å². The van der Waals surface area contributed by atoms with E-state index in [2.05, 4.69) is 17.1 Å². The van der Waals surface area contributed by atoms with Gasteiger partial charge in [0.05, 0.1) is 19.1 Å². The number of para-hydroxylation sites is 1. The Labute approximate surface area is 161 Å². The van der Waals surface area contributed by atoms with E-state index in [1.165, 1.54) is 0 Å². The molecule has 148 valence electrons. The van der Waals surface area contributed by atoms with Gasteiger partial charge in [-0.2, -0.15) is 0 Å². The van der Waals surface area contributed by atoms with E-state index < -0.39 is 0 Å². The summed E-state index contributed by atoms with van der Waals surface area (Å²) in [6.45, 7) is 6.15. The number of benzene rings is 1. The fourth-order valence-electron chi connectivity index (χ4n) is 4.41. The molecule has 2 fully saturated rings. The van der Waals surface area contributed by atoms with E-state index in [1.807, 2.05) is 29.2 Å². The van der Waals surface area contributed by atoms with Gasteiger partial charge in [-0.05, 0) is 38.3 Å². The number of likely N-dealkylation sites (tertiary alicyclic amines) is 2. The van der Waals surface area contributed by atoms with Crippen molar-refractivity contribution in [3.63, 3.8) is 0 Å². The first-order valence-electron chi connectivity index (χ1n) is 9.98. The number of amides is 2. The van der Waals surface area contributed by atoms with Crippen LogP contribution in [0.5, 0.6) is 5.75 Å². The van der Waals surface area contributed by atoms with E-state index in [9.17, 15) is 9.59 Å². The molecule has 2 aliphatic rings. The van der Waals surface area contributed by atoms with E-state index in [0.29, 0.717) is 25.5 Å². The number of hydrogen-bond donors (Lipinski definition) is 1. The van der Waals surface area contributed by atoms with Crippen LogP contribution >= 0.6 is 0 Å². The third kappa shape index (κ3) is 4.43. The first-order chi connectivity index (χ1) is 13.1. The smallest absolute Gasteiger partial charge is 0.234 e. The molecule has 2 heterocycles. The van der Waals surface area contributed by atoms with Gasteiger partial charge in [0, 0.05) is 31.7 Å². The minimum atomic E-state index is -0.268. The summed E-state index contributed by atoms with van der Waals surface area (Å²) >= 11 is 0. The molecule has 27 heavy (non-hydrogen) atoms. The molecule has 1 aromatic rings. The summed E-state index contributed by atoms with van der Waals surface area (Å²) in [4.78, 5) is 29.5. The van der Waals surface area contributed by atoms with Crippen LogP contribution < -0.4 is 10.1 Å². The van der Waals surface area contributed by atoms with Crippen LogP contribution in [0.25, 0.3) is 0 Å². The summed E-state index contributed by atoms with van der Waals surface area (Å²) in [7, 11) is 1.63. The van der Waals surface area contributed by atoms with Crippen molar-refractivity contribution in [3.05, 3.63) is 29.8 Å². The molecule has 2 aliphatic heterocycles. The minimum Gasteiger partial charge on any atom is -0.496 e. The Balaban J connectivity index is 1.52. The van der Waals surface area contributed by atoms with E-state index in [0.717, 1.165) is 56.6 Å². The minimum absolute atomic E-state index is 0.00775. The summed E-state index contributed by atoms with van der Waals surface area (Å²) in [6, 6.07) is 7.69. The quantitative estimate of drug-likeness (QED) is 0.795. The summed E-state index contributed by atoms with van der Waals surface area (Å²) in [5, 5.41) is 2.98. The molecule has 1 atom stereocenters. The molecule has 0 radical (unpaired) electrons. The number of hydrogen-bond acceptors (Lipinski definition) is 4. The van der Waals surface area contributed by atoms with Gasteiger partial charge in [-0.15, -0.1) is 0 Å². The first kappa shape index (κ1) is 19.7. The number of ether oxygens (including phenoxy) is 1. The standard InChI is InChI=1S/C21H31N3O3/c1-3-11-24-12-6-9-21(20(24)26)10-13-23(16-21)15-19(25)22-14-17-7-4-5-8-18(17)27-2/h4-5,7-8H,3,6,9-16H2,1-2H3,(H,22,25). The maximum Gasteiger partial charge on any atom is 0.234 e. The van der Waals surface area contributed by atoms with Crippen LogP contribution in [0.15, 0.2) is 24.3 Å². The molecule has 6 nitrogen and oxygen atoms in total. The molecular weight excluding hydrogens is 342 g/mol. The first-order valence-corrected chi connectivity index (χ1v) is 9.98. The summed E-state index contributed by atoms with van der Waals surface area (Å²) in [5.74, 6) is 1.07. The highest BCUT2D eigenvalue weighted by Gasteiger charge is 2.48. The number of rotatable bonds is 7. The number of nitrogens with zero attached hydrogens (tertiary/aromatic N) is 2. The number of piperidine rings is 1. The molecule has 1 N–H and O–H groups in total. The second kappa shape index (κ2) is 8.74. The molecule has 6 heteroatoms. The zero-order valence-corrected chi connectivity index (χ0v) is 16.5. The SMILES string of the molecule is CCCN1CCCC2(CCN(CC(=O)NCc3ccccc3OC)C2)C1=O. The highest BCUT2D eigenvalue weighted by Crippen LogP contribution is 2.39. The van der Waals surface area contributed by atoms with Gasteiger partial charge in [0.1, 0.15) is 5.75 Å². The molecule has 2 amide bonds. The van der Waals surface area contributed by atoms with Gasteiger partial charge in [0.25, 0.3) is 0 Å². The van der Waals surface area contributed by atoms with Gasteiger partial charge in [0.15, 0.2) is 0 Å². The van der Waals surface area contributed by atoms with E-state index in [1.54, 1.807) is 7.11 Å². The van der Waals surface area contributed by atoms with Crippen LogP contribution in [0.2, 0.25) is 0 Å². The predicted octanol–water partition coefficient (Wildman–Crippen LogP) is 2.04. The summed E-state index contributed by atoms with van der Waals surface area (Å²) in [6.07, 6.45) is 3.88. The molecule has 0 saturated carbocycles. The van der Waals surface area contributed by atoms with Crippen LogP contribution in [0.4, 0.5) is 0 Å². The molecule has 0 aromatic heterocycles. The monoisotopic (exact) mass is 373 g/mol. The number of carbonyl (C=O) groups is 2. The molecule has 1 aromatic carbocycles. The van der Waals surface area contributed by atoms with E-state index >= 15 is 0 Å². The zero-order valence-electron chi connectivity index (χ0n) is 16.5. The third-order valence-electron chi connectivity index (χ3n) is 5.79. The van der Waals surface area contributed by atoms with Crippen LogP contribution in [-0.4, -0.2) is 61.4 Å². The van der Waals surface area contributed by atoms with Crippen molar-refractivity contribution < 1.29 is 14.3 Å². The van der Waals surface area contributed by atoms with Crippen LogP contribution in [-0.2, 0) is 16.1 Å². The lowest BCUT2D eigenvalue weighted by Crippen LogP contribution is -2.50. The Morgan fingerprint density at radius 3 is 2.85 bits per heavy atom. The van der Waals surface area contributed by atoms with Gasteiger partial charge in [-0.3, -0.25) is 14.5 Å². The Hall–Kier alpha value is -2.08. The van der Waals surface area contributed by atoms with E-state index in [4.69, 9.17) is 4.74 Å². The van der Waals surface area contributed by atoms with Gasteiger partial charge in [-0.1, -0.05) is 25.1 Å². The van der Waals surface area contributed by atoms with Crippen molar-refractivity contribution in [3.8, 4) is 5.75 Å². The summed E-state index contributed by atoms with van der Waals surface area (Å²) < 4.78 is 5.32. The molecule has 2 saturated heterocycles. The lowest BCUT2D eigenvalue weighted by molar-refractivity contribution is -0.145. The lowest BCUT2D eigenvalue weighted by Gasteiger charge is -2.39. The molecule has 0 bridgehead atoms. The van der Waals surface area contributed by atoms with Crippen LogP contribution in [0, 0.1) is 5.41 Å². The summed E-state index contributed by atoms with van der Waals surface area (Å²) in [5.41, 5.74) is 0.694. The topological polar surface area (TPSA) is 61.9 Å². The van der Waals surface area contributed by atoms with Crippen LogP contribution in [0.3, 0.4) is 0 Å². The van der Waals surface area contributed by atoms with Crippen molar-refractivity contribution in [1.29, 1.82) is 0 Å². The van der Waals surface area contributed by atoms with Gasteiger partial charge in [-0.25, -0.2) is 0 Å². The fraction of sp³-hybridized carbons (Fsp3) is 0.619. The maximum atomic E-state index is 12.9. The molecule has 1 spiro atoms. The normalized spacial score (nSPS) is 23.0. The van der Waals surface area contributed by atoms with Crippen molar-refractivity contribution in [2.75, 3.05) is 39.8 Å². The number of carbonyl (C=O) groups excluding carboxylic acids is 2. The van der Waals surface area contributed by atoms with Gasteiger partial charge in [0.2, 0.25) is 11.8 Å². The number of methoxy groups -OCH3 is 1. The molecule has 1 unspecified atom stereocenters. The Morgan fingerprint density at radius 2 is 2.07 bits per heavy atom. The second-order valence-corrected chi connectivity index (χ2v) is 7.73. The fourth-order valence-corrected chi connectivity index (χ4v) is 4.41. The average Bonchev–Trinajstić information content (AvgIpc) is 3.07. The van der Waals surface area contributed by atoms with Gasteiger partial charge >= 0.3 is 0 Å². The Kier molecular flexibility index (Phi) is 6.37. The number of nitrogens with one attached hydrogen (secondary N) is 1.